The van der Waals surface area contributed by atoms with Crippen LogP contribution in [0, 0.1) is 6.92 Å². The molecule has 0 aliphatic carbocycles. The zero-order valence-corrected chi connectivity index (χ0v) is 10.6. The number of aryl methyl sites for hydroxylation is 1. The number of carbonyl (C=O) groups excluding carboxylic acids is 1. The van der Waals surface area contributed by atoms with Crippen LogP contribution in [0.2, 0.25) is 0 Å². The molecule has 0 atom stereocenters. The van der Waals surface area contributed by atoms with Crippen LogP contribution >= 0.6 is 0 Å². The van der Waals surface area contributed by atoms with E-state index in [9.17, 15) is 4.79 Å². The fraction of sp³-hybridized carbons (Fsp3) is 0.357. The molecule has 0 radical (unpaired) electrons. The van der Waals surface area contributed by atoms with Crippen molar-refractivity contribution >= 4 is 12.1 Å². The predicted octanol–water partition coefficient (Wildman–Crippen LogP) is 2.01. The van der Waals surface area contributed by atoms with E-state index in [4.69, 9.17) is 4.74 Å². The summed E-state index contributed by atoms with van der Waals surface area (Å²) < 4.78 is 5.20. The summed E-state index contributed by atoms with van der Waals surface area (Å²) >= 11 is 0. The lowest BCUT2D eigenvalue weighted by atomic mass is 10.1. The molecule has 2 rings (SSSR count). The van der Waals surface area contributed by atoms with Gasteiger partial charge in [-0.1, -0.05) is 24.3 Å². The molecule has 1 saturated heterocycles. The number of carbonyl (C=O) groups is 1. The Balaban J connectivity index is 1.87. The molecule has 0 saturated carbocycles. The van der Waals surface area contributed by atoms with Crippen molar-refractivity contribution in [2.75, 3.05) is 26.3 Å². The molecule has 0 spiro atoms. The monoisotopic (exact) mass is 246 g/mol. The first kappa shape index (κ1) is 12.6. The van der Waals surface area contributed by atoms with Crippen molar-refractivity contribution in [2.45, 2.75) is 6.92 Å². The Labute approximate surface area is 107 Å². The highest BCUT2D eigenvalue weighted by Crippen LogP contribution is 2.08. The third-order valence-electron chi connectivity index (χ3n) is 2.96. The van der Waals surface area contributed by atoms with Gasteiger partial charge in [0.1, 0.15) is 0 Å². The van der Waals surface area contributed by atoms with E-state index in [2.05, 4.69) is 5.32 Å². The lowest BCUT2D eigenvalue weighted by Gasteiger charge is -2.26. The summed E-state index contributed by atoms with van der Waals surface area (Å²) in [6.45, 7) is 4.60. The maximum atomic E-state index is 11.8. The number of hydrogen-bond donors (Lipinski definition) is 1. The third-order valence-corrected chi connectivity index (χ3v) is 2.96. The lowest BCUT2D eigenvalue weighted by Crippen LogP contribution is -2.44. The summed E-state index contributed by atoms with van der Waals surface area (Å²) in [6.07, 6.45) is 3.60. The first-order valence-corrected chi connectivity index (χ1v) is 6.13. The lowest BCUT2D eigenvalue weighted by molar-refractivity contribution is 0.0540. The molecular weight excluding hydrogens is 228 g/mol. The van der Waals surface area contributed by atoms with E-state index in [1.807, 2.05) is 37.3 Å². The van der Waals surface area contributed by atoms with E-state index in [0.29, 0.717) is 26.3 Å². The molecule has 1 heterocycles. The van der Waals surface area contributed by atoms with Crippen LogP contribution in [-0.4, -0.2) is 37.2 Å². The second-order valence-electron chi connectivity index (χ2n) is 4.24. The van der Waals surface area contributed by atoms with E-state index in [1.165, 1.54) is 5.56 Å². The number of nitrogens with one attached hydrogen (secondary N) is 1. The Morgan fingerprint density at radius 2 is 2.06 bits per heavy atom. The van der Waals surface area contributed by atoms with Crippen LogP contribution in [0.25, 0.3) is 6.08 Å². The minimum Gasteiger partial charge on any atom is -0.378 e. The SMILES string of the molecule is Cc1ccccc1/C=C/NC(=O)N1CCOCC1. The number of benzene rings is 1. The fourth-order valence-corrected chi connectivity index (χ4v) is 1.83. The van der Waals surface area contributed by atoms with Gasteiger partial charge in [-0.2, -0.15) is 0 Å². The molecule has 1 aliphatic rings. The molecule has 18 heavy (non-hydrogen) atoms. The average molecular weight is 246 g/mol. The summed E-state index contributed by atoms with van der Waals surface area (Å²) in [4.78, 5) is 13.5. The van der Waals surface area contributed by atoms with Crippen molar-refractivity contribution in [3.05, 3.63) is 41.6 Å². The summed E-state index contributed by atoms with van der Waals surface area (Å²) in [5.41, 5.74) is 2.30. The Hall–Kier alpha value is -1.81. The Morgan fingerprint density at radius 3 is 2.78 bits per heavy atom. The molecule has 0 unspecified atom stereocenters. The summed E-state index contributed by atoms with van der Waals surface area (Å²) in [7, 11) is 0. The molecule has 1 aromatic rings. The topological polar surface area (TPSA) is 41.6 Å². The van der Waals surface area contributed by atoms with E-state index < -0.39 is 0 Å². The zero-order valence-electron chi connectivity index (χ0n) is 10.6. The summed E-state index contributed by atoms with van der Waals surface area (Å²) in [6, 6.07) is 7.98. The molecule has 4 heteroatoms. The van der Waals surface area contributed by atoms with Crippen molar-refractivity contribution in [3.63, 3.8) is 0 Å². The van der Waals surface area contributed by atoms with Gasteiger partial charge in [0.2, 0.25) is 0 Å². The smallest absolute Gasteiger partial charge is 0.321 e. The molecule has 0 bridgehead atoms. The zero-order chi connectivity index (χ0) is 12.8. The van der Waals surface area contributed by atoms with Gasteiger partial charge in [0, 0.05) is 19.3 Å². The van der Waals surface area contributed by atoms with Gasteiger partial charge >= 0.3 is 6.03 Å². The highest BCUT2D eigenvalue weighted by atomic mass is 16.5. The van der Waals surface area contributed by atoms with E-state index in [0.717, 1.165) is 5.56 Å². The first-order chi connectivity index (χ1) is 8.77. The van der Waals surface area contributed by atoms with Crippen molar-refractivity contribution in [3.8, 4) is 0 Å². The highest BCUT2D eigenvalue weighted by Gasteiger charge is 2.14. The first-order valence-electron chi connectivity index (χ1n) is 6.13. The number of ether oxygens (including phenoxy) is 1. The van der Waals surface area contributed by atoms with Gasteiger partial charge in [-0.05, 0) is 24.1 Å². The molecule has 2 amide bonds. The van der Waals surface area contributed by atoms with Crippen molar-refractivity contribution < 1.29 is 9.53 Å². The molecule has 1 N–H and O–H groups in total. The fourth-order valence-electron chi connectivity index (χ4n) is 1.83. The standard InChI is InChI=1S/C14H18N2O2/c1-12-4-2-3-5-13(12)6-7-15-14(17)16-8-10-18-11-9-16/h2-7H,8-11H2,1H3,(H,15,17)/b7-6+. The molecule has 0 aromatic heterocycles. The molecule has 1 aromatic carbocycles. The molecule has 1 aliphatic heterocycles. The van der Waals surface area contributed by atoms with Crippen LogP contribution in [0.3, 0.4) is 0 Å². The van der Waals surface area contributed by atoms with Crippen LogP contribution in [0.5, 0.6) is 0 Å². The van der Waals surface area contributed by atoms with Crippen LogP contribution in [-0.2, 0) is 4.74 Å². The van der Waals surface area contributed by atoms with Crippen LogP contribution in [0.1, 0.15) is 11.1 Å². The number of morpholine rings is 1. The van der Waals surface area contributed by atoms with Gasteiger partial charge in [-0.15, -0.1) is 0 Å². The number of hydrogen-bond acceptors (Lipinski definition) is 2. The molecular formula is C14H18N2O2. The van der Waals surface area contributed by atoms with Gasteiger partial charge in [0.05, 0.1) is 13.2 Å². The van der Waals surface area contributed by atoms with E-state index >= 15 is 0 Å². The number of rotatable bonds is 2. The molecule has 4 nitrogen and oxygen atoms in total. The average Bonchev–Trinajstić information content (AvgIpc) is 2.42. The van der Waals surface area contributed by atoms with Crippen molar-refractivity contribution in [1.29, 1.82) is 0 Å². The second-order valence-corrected chi connectivity index (χ2v) is 4.24. The Kier molecular flexibility index (Phi) is 4.36. The minimum absolute atomic E-state index is 0.0665. The summed E-state index contributed by atoms with van der Waals surface area (Å²) in [5.74, 6) is 0. The second kappa shape index (κ2) is 6.21. The van der Waals surface area contributed by atoms with Crippen LogP contribution < -0.4 is 5.32 Å². The van der Waals surface area contributed by atoms with Gasteiger partial charge in [-0.25, -0.2) is 4.79 Å². The third kappa shape index (κ3) is 3.34. The maximum absolute atomic E-state index is 11.8. The van der Waals surface area contributed by atoms with Crippen LogP contribution in [0.15, 0.2) is 30.5 Å². The van der Waals surface area contributed by atoms with Gasteiger partial charge in [0.15, 0.2) is 0 Å². The quantitative estimate of drug-likeness (QED) is 0.867. The largest absolute Gasteiger partial charge is 0.378 e. The van der Waals surface area contributed by atoms with Crippen molar-refractivity contribution in [1.82, 2.24) is 10.2 Å². The Morgan fingerprint density at radius 1 is 1.33 bits per heavy atom. The highest BCUT2D eigenvalue weighted by molar-refractivity contribution is 5.76. The number of urea groups is 1. The number of amides is 2. The van der Waals surface area contributed by atoms with Crippen molar-refractivity contribution in [2.24, 2.45) is 0 Å². The van der Waals surface area contributed by atoms with E-state index in [-0.39, 0.29) is 6.03 Å². The summed E-state index contributed by atoms with van der Waals surface area (Å²) in [5, 5.41) is 2.78. The molecule has 1 fully saturated rings. The number of nitrogens with zero attached hydrogens (tertiary/aromatic N) is 1. The molecule has 96 valence electrons. The van der Waals surface area contributed by atoms with Gasteiger partial charge in [-0.3, -0.25) is 0 Å². The van der Waals surface area contributed by atoms with Gasteiger partial charge < -0.3 is 15.0 Å². The Bertz CT molecular complexity index is 437. The van der Waals surface area contributed by atoms with Gasteiger partial charge in [0.25, 0.3) is 0 Å². The maximum Gasteiger partial charge on any atom is 0.321 e. The predicted molar refractivity (Wildman–Crippen MR) is 71.1 cm³/mol. The minimum atomic E-state index is -0.0665. The normalized spacial score (nSPS) is 15.9. The van der Waals surface area contributed by atoms with Crippen LogP contribution in [0.4, 0.5) is 4.79 Å². The van der Waals surface area contributed by atoms with E-state index in [1.54, 1.807) is 11.1 Å².